The second-order valence-corrected chi connectivity index (χ2v) is 7.09. The zero-order valence-corrected chi connectivity index (χ0v) is 16.0. The third-order valence-electron chi connectivity index (χ3n) is 4.65. The molecular formula is C17H25N7O4. The van der Waals surface area contributed by atoms with E-state index in [-0.39, 0.29) is 35.4 Å². The van der Waals surface area contributed by atoms with Crippen molar-refractivity contribution in [3.8, 4) is 0 Å². The van der Waals surface area contributed by atoms with Gasteiger partial charge in [0.2, 0.25) is 17.6 Å². The highest BCUT2D eigenvalue weighted by Gasteiger charge is 2.29. The van der Waals surface area contributed by atoms with Gasteiger partial charge in [-0.25, -0.2) is 0 Å². The van der Waals surface area contributed by atoms with Crippen LogP contribution in [0.15, 0.2) is 22.8 Å². The minimum atomic E-state index is -0.596. The van der Waals surface area contributed by atoms with Crippen LogP contribution < -0.4 is 16.4 Å². The summed E-state index contributed by atoms with van der Waals surface area (Å²) in [7, 11) is 0. The number of rotatable bonds is 8. The number of anilines is 3. The maximum Gasteiger partial charge on any atom is 0.353 e. The van der Waals surface area contributed by atoms with E-state index in [2.05, 4.69) is 39.3 Å². The molecule has 3 heterocycles. The van der Waals surface area contributed by atoms with E-state index in [1.54, 1.807) is 12.1 Å². The molecule has 0 radical (unpaired) electrons. The van der Waals surface area contributed by atoms with Crippen LogP contribution in [0.4, 0.5) is 23.3 Å². The summed E-state index contributed by atoms with van der Waals surface area (Å²) in [6.45, 7) is 8.08. The van der Waals surface area contributed by atoms with Crippen LogP contribution in [0.3, 0.4) is 0 Å². The number of aromatic nitrogens is 2. The normalized spacial score (nSPS) is 15.4. The smallest absolute Gasteiger partial charge is 0.353 e. The van der Waals surface area contributed by atoms with E-state index in [4.69, 9.17) is 14.9 Å². The third-order valence-corrected chi connectivity index (χ3v) is 4.65. The Kier molecular flexibility index (Phi) is 5.95. The molecule has 1 aliphatic heterocycles. The second-order valence-electron chi connectivity index (χ2n) is 7.09. The summed E-state index contributed by atoms with van der Waals surface area (Å²) in [6, 6.07) is 3.49. The van der Waals surface area contributed by atoms with E-state index in [0.29, 0.717) is 25.5 Å². The maximum absolute atomic E-state index is 11.4. The number of nitrogens with two attached hydrogens (primary N) is 1. The van der Waals surface area contributed by atoms with E-state index in [1.807, 2.05) is 0 Å². The van der Waals surface area contributed by atoms with Crippen molar-refractivity contribution in [1.82, 2.24) is 14.9 Å². The predicted octanol–water partition coefficient (Wildman–Crippen LogP) is 1.69. The molecule has 152 valence electrons. The molecule has 0 aromatic carbocycles. The van der Waals surface area contributed by atoms with Gasteiger partial charge in [0.25, 0.3) is 0 Å². The Bertz CT molecular complexity index is 804. The molecule has 3 rings (SSSR count). The van der Waals surface area contributed by atoms with Crippen molar-refractivity contribution in [3.63, 3.8) is 0 Å². The highest BCUT2D eigenvalue weighted by atomic mass is 16.6. The van der Waals surface area contributed by atoms with Gasteiger partial charge in [0.1, 0.15) is 5.76 Å². The lowest BCUT2D eigenvalue weighted by Crippen LogP contribution is -2.53. The molecule has 0 saturated carbocycles. The zero-order chi connectivity index (χ0) is 20.1. The van der Waals surface area contributed by atoms with Gasteiger partial charge in [-0.1, -0.05) is 0 Å². The Labute approximate surface area is 162 Å². The van der Waals surface area contributed by atoms with Crippen molar-refractivity contribution < 1.29 is 14.1 Å². The minimum Gasteiger partial charge on any atom is -0.467 e. The highest BCUT2D eigenvalue weighted by molar-refractivity contribution is 5.69. The quantitative estimate of drug-likeness (QED) is 0.449. The number of hydrogen-bond donors (Lipinski definition) is 3. The molecule has 0 amide bonds. The Hall–Kier alpha value is -2.92. The molecule has 11 nitrogen and oxygen atoms in total. The summed E-state index contributed by atoms with van der Waals surface area (Å²) in [5.41, 5.74) is 5.30. The van der Waals surface area contributed by atoms with Gasteiger partial charge in [-0.15, -0.1) is 0 Å². The fourth-order valence-corrected chi connectivity index (χ4v) is 3.01. The zero-order valence-electron chi connectivity index (χ0n) is 16.0. The van der Waals surface area contributed by atoms with Gasteiger partial charge >= 0.3 is 5.69 Å². The fraction of sp³-hybridized carbons (Fsp3) is 0.529. The lowest BCUT2D eigenvalue weighted by atomic mass is 10.0. The summed E-state index contributed by atoms with van der Waals surface area (Å²) < 4.78 is 10.6. The van der Waals surface area contributed by atoms with Gasteiger partial charge in [-0.05, 0) is 26.0 Å². The Morgan fingerprint density at radius 3 is 2.71 bits per heavy atom. The number of nitrogens with zero attached hydrogens (tertiary/aromatic N) is 4. The van der Waals surface area contributed by atoms with Crippen molar-refractivity contribution >= 4 is 23.3 Å². The van der Waals surface area contributed by atoms with Crippen molar-refractivity contribution in [1.29, 1.82) is 0 Å². The average Bonchev–Trinajstić information content (AvgIpc) is 3.18. The summed E-state index contributed by atoms with van der Waals surface area (Å²) in [5.74, 6) is 0.690. The number of hydrogen-bond acceptors (Lipinski definition) is 10. The Morgan fingerprint density at radius 2 is 2.07 bits per heavy atom. The molecule has 0 spiro atoms. The Morgan fingerprint density at radius 1 is 1.32 bits per heavy atom. The third kappa shape index (κ3) is 4.67. The van der Waals surface area contributed by atoms with Crippen LogP contribution in [0.25, 0.3) is 0 Å². The largest absolute Gasteiger partial charge is 0.467 e. The van der Waals surface area contributed by atoms with Crippen LogP contribution in [0, 0.1) is 10.1 Å². The van der Waals surface area contributed by atoms with Crippen LogP contribution in [0.2, 0.25) is 0 Å². The summed E-state index contributed by atoms with van der Waals surface area (Å²) >= 11 is 0. The van der Waals surface area contributed by atoms with Gasteiger partial charge in [0.15, 0.2) is 0 Å². The number of furan rings is 1. The molecule has 1 fully saturated rings. The van der Waals surface area contributed by atoms with Crippen LogP contribution in [-0.4, -0.2) is 58.2 Å². The van der Waals surface area contributed by atoms with Crippen LogP contribution in [0.5, 0.6) is 0 Å². The number of nitrogen functional groups attached to an aromatic ring is 1. The van der Waals surface area contributed by atoms with Crippen LogP contribution in [0.1, 0.15) is 19.6 Å². The topological polar surface area (TPSA) is 145 Å². The lowest BCUT2D eigenvalue weighted by Gasteiger charge is -2.40. The van der Waals surface area contributed by atoms with E-state index in [1.165, 1.54) is 6.26 Å². The van der Waals surface area contributed by atoms with Gasteiger partial charge in [-0.3, -0.25) is 15.0 Å². The molecular weight excluding hydrogens is 366 g/mol. The molecule has 4 N–H and O–H groups in total. The van der Waals surface area contributed by atoms with Crippen molar-refractivity contribution in [3.05, 3.63) is 34.3 Å². The first kappa shape index (κ1) is 19.8. The molecule has 0 aliphatic carbocycles. The van der Waals surface area contributed by atoms with Crippen molar-refractivity contribution in [2.75, 3.05) is 49.2 Å². The highest BCUT2D eigenvalue weighted by Crippen LogP contribution is 2.29. The maximum atomic E-state index is 11.4. The fourth-order valence-electron chi connectivity index (χ4n) is 3.01. The number of morpholine rings is 1. The molecule has 11 heteroatoms. The molecule has 2 aromatic heterocycles. The van der Waals surface area contributed by atoms with Gasteiger partial charge in [0.05, 0.1) is 30.9 Å². The van der Waals surface area contributed by atoms with E-state index < -0.39 is 4.92 Å². The van der Waals surface area contributed by atoms with Gasteiger partial charge in [0, 0.05) is 25.2 Å². The molecule has 1 saturated heterocycles. The van der Waals surface area contributed by atoms with Crippen LogP contribution >= 0.6 is 0 Å². The average molecular weight is 391 g/mol. The standard InChI is InChI=1S/C17H25N7O4/c1-17(2,23-5-8-27-9-6-23)11-20-16-21-14(18)13(24(25)26)15(22-16)19-10-12-4-3-7-28-12/h3-4,7H,5-6,8-11H2,1-2H3,(H4,18,19,20,21,22). The lowest BCUT2D eigenvalue weighted by molar-refractivity contribution is -0.383. The van der Waals surface area contributed by atoms with Gasteiger partial charge < -0.3 is 25.5 Å². The minimum absolute atomic E-state index is 0.0422. The van der Waals surface area contributed by atoms with E-state index >= 15 is 0 Å². The summed E-state index contributed by atoms with van der Waals surface area (Å²) in [4.78, 5) is 21.4. The van der Waals surface area contributed by atoms with Crippen molar-refractivity contribution in [2.45, 2.75) is 25.9 Å². The summed E-state index contributed by atoms with van der Waals surface area (Å²) in [5, 5.41) is 17.4. The Balaban J connectivity index is 1.74. The van der Waals surface area contributed by atoms with E-state index in [0.717, 1.165) is 13.1 Å². The van der Waals surface area contributed by atoms with Gasteiger partial charge in [-0.2, -0.15) is 9.97 Å². The van der Waals surface area contributed by atoms with Crippen molar-refractivity contribution in [2.24, 2.45) is 0 Å². The number of ether oxygens (including phenoxy) is 1. The first-order valence-corrected chi connectivity index (χ1v) is 9.01. The molecule has 1 aliphatic rings. The number of nitrogens with one attached hydrogen (secondary N) is 2. The monoisotopic (exact) mass is 391 g/mol. The number of nitro groups is 1. The molecule has 0 atom stereocenters. The van der Waals surface area contributed by atoms with Crippen LogP contribution in [-0.2, 0) is 11.3 Å². The predicted molar refractivity (Wildman–Crippen MR) is 104 cm³/mol. The molecule has 0 bridgehead atoms. The molecule has 2 aromatic rings. The SMILES string of the molecule is CC(C)(CNc1nc(N)c([N+](=O)[O-])c(NCc2ccco2)n1)N1CCOCC1. The van der Waals surface area contributed by atoms with E-state index in [9.17, 15) is 10.1 Å². The first-order chi connectivity index (χ1) is 13.4. The molecule has 28 heavy (non-hydrogen) atoms. The molecule has 0 unspecified atom stereocenters. The second kappa shape index (κ2) is 8.40. The summed E-state index contributed by atoms with van der Waals surface area (Å²) in [6.07, 6.45) is 1.53. The first-order valence-electron chi connectivity index (χ1n) is 9.01.